The summed E-state index contributed by atoms with van der Waals surface area (Å²) in [5.41, 5.74) is 3.06. The highest BCUT2D eigenvalue weighted by molar-refractivity contribution is 6.00. The van der Waals surface area contributed by atoms with Gasteiger partial charge in [-0.3, -0.25) is 24.0 Å². The molecule has 1 aromatic heterocycles. The van der Waals surface area contributed by atoms with Crippen LogP contribution in [0.3, 0.4) is 0 Å². The Hall–Kier alpha value is -3.36. The van der Waals surface area contributed by atoms with Gasteiger partial charge in [-0.15, -0.1) is 0 Å². The summed E-state index contributed by atoms with van der Waals surface area (Å²) in [6.07, 6.45) is 4.65. The van der Waals surface area contributed by atoms with Crippen LogP contribution in [-0.4, -0.2) is 51.6 Å². The van der Waals surface area contributed by atoms with E-state index < -0.39 is 11.9 Å². The quantitative estimate of drug-likeness (QED) is 0.568. The van der Waals surface area contributed by atoms with Gasteiger partial charge in [-0.1, -0.05) is 31.6 Å². The highest BCUT2D eigenvalue weighted by atomic mass is 16.6. The van der Waals surface area contributed by atoms with Crippen molar-refractivity contribution in [2.75, 3.05) is 19.7 Å². The first-order valence-electron chi connectivity index (χ1n) is 11.1. The monoisotopic (exact) mass is 440 g/mol. The molecule has 0 bridgehead atoms. The lowest BCUT2D eigenvalue weighted by atomic mass is 9.98. The third-order valence-corrected chi connectivity index (χ3v) is 6.16. The van der Waals surface area contributed by atoms with E-state index in [2.05, 4.69) is 5.32 Å². The zero-order chi connectivity index (χ0) is 22.8. The predicted octanol–water partition coefficient (Wildman–Crippen LogP) is 2.34. The van der Waals surface area contributed by atoms with Crippen molar-refractivity contribution >= 4 is 34.5 Å². The standard InChI is InChI=1S/C23H28N4O5/c1-3-4-14-32-23(31)26-12-10-15(11-13-26)16-6-5-7-17-20(16)25(2)22(30)27(17)18-8-9-19(28)24-21(18)29/h5-7,10,18H,3-4,8-9,11-14H2,1-2H3,(H,24,28,29). The SMILES string of the molecule is CCCCOC(=O)N1CC=C(c2cccc3c2n(C)c(=O)n3C2CCC(=O)NC2=O)CC1. The van der Waals surface area contributed by atoms with E-state index in [0.29, 0.717) is 38.1 Å². The van der Waals surface area contributed by atoms with Gasteiger partial charge >= 0.3 is 11.8 Å². The summed E-state index contributed by atoms with van der Waals surface area (Å²) in [7, 11) is 1.69. The van der Waals surface area contributed by atoms with Crippen LogP contribution in [0.1, 0.15) is 50.6 Å². The molecule has 3 heterocycles. The number of hydrogen-bond donors (Lipinski definition) is 1. The number of rotatable bonds is 5. The maximum Gasteiger partial charge on any atom is 0.410 e. The van der Waals surface area contributed by atoms with Gasteiger partial charge in [0.05, 0.1) is 17.6 Å². The van der Waals surface area contributed by atoms with Crippen LogP contribution in [0, 0.1) is 0 Å². The summed E-state index contributed by atoms with van der Waals surface area (Å²) in [6.45, 7) is 3.45. The Kier molecular flexibility index (Phi) is 6.16. The molecule has 2 aliphatic heterocycles. The molecule has 0 saturated carbocycles. The summed E-state index contributed by atoms with van der Waals surface area (Å²) >= 11 is 0. The van der Waals surface area contributed by atoms with E-state index in [1.807, 2.05) is 31.2 Å². The third kappa shape index (κ3) is 3.94. The Morgan fingerprint density at radius 1 is 1.22 bits per heavy atom. The van der Waals surface area contributed by atoms with Crippen molar-refractivity contribution in [1.82, 2.24) is 19.4 Å². The molecule has 1 saturated heterocycles. The normalized spacial score (nSPS) is 19.1. The Labute approximate surface area is 185 Å². The van der Waals surface area contributed by atoms with Gasteiger partial charge in [0, 0.05) is 32.1 Å². The number of carbonyl (C=O) groups excluding carboxylic acids is 3. The predicted molar refractivity (Wildman–Crippen MR) is 119 cm³/mol. The lowest BCUT2D eigenvalue weighted by Gasteiger charge is -2.26. The van der Waals surface area contributed by atoms with E-state index in [9.17, 15) is 19.2 Å². The number of imide groups is 1. The number of benzene rings is 1. The molecule has 4 rings (SSSR count). The van der Waals surface area contributed by atoms with Gasteiger partial charge in [-0.25, -0.2) is 9.59 Å². The van der Waals surface area contributed by atoms with E-state index in [4.69, 9.17) is 4.74 Å². The van der Waals surface area contributed by atoms with Gasteiger partial charge in [0.2, 0.25) is 11.8 Å². The molecule has 9 nitrogen and oxygen atoms in total. The average molecular weight is 441 g/mol. The number of ether oxygens (including phenoxy) is 1. The zero-order valence-corrected chi connectivity index (χ0v) is 18.4. The molecule has 9 heteroatoms. The number of imidazole rings is 1. The highest BCUT2D eigenvalue weighted by Crippen LogP contribution is 2.31. The number of carbonyl (C=O) groups is 3. The second kappa shape index (κ2) is 9.02. The number of nitrogens with zero attached hydrogens (tertiary/aromatic N) is 3. The van der Waals surface area contributed by atoms with Gasteiger partial charge in [0.15, 0.2) is 0 Å². The first-order chi connectivity index (χ1) is 15.4. The molecular formula is C23H28N4O5. The molecule has 170 valence electrons. The summed E-state index contributed by atoms with van der Waals surface area (Å²) in [5.74, 6) is -0.763. The molecule has 1 atom stereocenters. The topological polar surface area (TPSA) is 103 Å². The molecule has 32 heavy (non-hydrogen) atoms. The van der Waals surface area contributed by atoms with Crippen molar-refractivity contribution in [2.24, 2.45) is 7.05 Å². The van der Waals surface area contributed by atoms with E-state index in [1.54, 1.807) is 16.5 Å². The maximum absolute atomic E-state index is 13.1. The summed E-state index contributed by atoms with van der Waals surface area (Å²) in [5, 5.41) is 2.33. The van der Waals surface area contributed by atoms with Gasteiger partial charge in [0.1, 0.15) is 6.04 Å². The first-order valence-corrected chi connectivity index (χ1v) is 11.1. The Morgan fingerprint density at radius 2 is 2.03 bits per heavy atom. The number of piperidine rings is 1. The number of unbranched alkanes of at least 4 members (excludes halogenated alkanes) is 1. The minimum atomic E-state index is -0.715. The van der Waals surface area contributed by atoms with Crippen LogP contribution in [0.25, 0.3) is 16.6 Å². The van der Waals surface area contributed by atoms with Crippen molar-refractivity contribution < 1.29 is 19.1 Å². The van der Waals surface area contributed by atoms with Gasteiger partial charge in [-0.05, 0) is 30.9 Å². The zero-order valence-electron chi connectivity index (χ0n) is 18.4. The van der Waals surface area contributed by atoms with Gasteiger partial charge < -0.3 is 9.64 Å². The van der Waals surface area contributed by atoms with Crippen LogP contribution in [0.15, 0.2) is 29.1 Å². The van der Waals surface area contributed by atoms with E-state index in [-0.39, 0.29) is 24.1 Å². The summed E-state index contributed by atoms with van der Waals surface area (Å²) in [4.78, 5) is 51.0. The van der Waals surface area contributed by atoms with Crippen LogP contribution in [0.5, 0.6) is 0 Å². The molecule has 2 aromatic rings. The minimum absolute atomic E-state index is 0.203. The molecule has 0 radical (unpaired) electrons. The number of fused-ring (bicyclic) bond motifs is 1. The van der Waals surface area contributed by atoms with Crippen molar-refractivity contribution in [3.8, 4) is 0 Å². The maximum atomic E-state index is 13.1. The third-order valence-electron chi connectivity index (χ3n) is 6.16. The smallest absolute Gasteiger partial charge is 0.410 e. The van der Waals surface area contributed by atoms with Crippen LogP contribution < -0.4 is 11.0 Å². The van der Waals surface area contributed by atoms with Crippen LogP contribution >= 0.6 is 0 Å². The molecule has 1 N–H and O–H groups in total. The number of aromatic nitrogens is 2. The molecular weight excluding hydrogens is 412 g/mol. The number of para-hydroxylation sites is 1. The first kappa shape index (κ1) is 21.9. The molecule has 0 spiro atoms. The largest absolute Gasteiger partial charge is 0.449 e. The molecule has 1 fully saturated rings. The molecule has 1 aromatic carbocycles. The Morgan fingerprint density at radius 3 is 2.72 bits per heavy atom. The minimum Gasteiger partial charge on any atom is -0.449 e. The van der Waals surface area contributed by atoms with E-state index in [1.165, 1.54) is 4.57 Å². The summed E-state index contributed by atoms with van der Waals surface area (Å²) < 4.78 is 8.35. The van der Waals surface area contributed by atoms with Crippen LogP contribution in [0.2, 0.25) is 0 Å². The molecule has 2 aliphatic rings. The molecule has 3 amide bonds. The van der Waals surface area contributed by atoms with Gasteiger partial charge in [0.25, 0.3) is 0 Å². The second-order valence-electron chi connectivity index (χ2n) is 8.25. The summed E-state index contributed by atoms with van der Waals surface area (Å²) in [6, 6.07) is 4.93. The highest BCUT2D eigenvalue weighted by Gasteiger charge is 2.32. The molecule has 0 aliphatic carbocycles. The Balaban J connectivity index is 1.64. The number of amides is 3. The number of hydrogen-bond acceptors (Lipinski definition) is 5. The lowest BCUT2D eigenvalue weighted by Crippen LogP contribution is -2.44. The fourth-order valence-corrected chi connectivity index (χ4v) is 4.40. The lowest BCUT2D eigenvalue weighted by molar-refractivity contribution is -0.135. The van der Waals surface area contributed by atoms with Crippen molar-refractivity contribution in [2.45, 2.75) is 45.1 Å². The van der Waals surface area contributed by atoms with Crippen molar-refractivity contribution in [1.29, 1.82) is 0 Å². The van der Waals surface area contributed by atoms with Gasteiger partial charge in [-0.2, -0.15) is 0 Å². The van der Waals surface area contributed by atoms with E-state index >= 15 is 0 Å². The van der Waals surface area contributed by atoms with Crippen LogP contribution in [0.4, 0.5) is 4.79 Å². The van der Waals surface area contributed by atoms with Crippen LogP contribution in [-0.2, 0) is 21.4 Å². The molecule has 1 unspecified atom stereocenters. The second-order valence-corrected chi connectivity index (χ2v) is 8.25. The van der Waals surface area contributed by atoms with Crippen molar-refractivity contribution in [3.63, 3.8) is 0 Å². The number of aryl methyl sites for hydroxylation is 1. The fraction of sp³-hybridized carbons (Fsp3) is 0.478. The number of nitrogens with one attached hydrogen (secondary N) is 1. The fourth-order valence-electron chi connectivity index (χ4n) is 4.40. The Bertz CT molecular complexity index is 1160. The average Bonchev–Trinajstić information content (AvgIpc) is 3.04. The van der Waals surface area contributed by atoms with E-state index in [0.717, 1.165) is 29.5 Å². The van der Waals surface area contributed by atoms with Crippen molar-refractivity contribution in [3.05, 3.63) is 40.3 Å².